The van der Waals surface area contributed by atoms with Crippen molar-refractivity contribution in [2.75, 3.05) is 39.3 Å². The maximum absolute atomic E-state index is 13.0. The first-order chi connectivity index (χ1) is 12.4. The van der Waals surface area contributed by atoms with Crippen molar-refractivity contribution in [1.29, 1.82) is 0 Å². The van der Waals surface area contributed by atoms with Gasteiger partial charge in [-0.1, -0.05) is 11.6 Å². The Kier molecular flexibility index (Phi) is 6.13. The first-order valence-electron chi connectivity index (χ1n) is 8.31. The van der Waals surface area contributed by atoms with E-state index in [0.717, 1.165) is 17.9 Å². The summed E-state index contributed by atoms with van der Waals surface area (Å²) >= 11 is 5.83. The summed E-state index contributed by atoms with van der Waals surface area (Å²) in [5, 5.41) is 0.663. The Balaban J connectivity index is 1.47. The molecule has 1 saturated heterocycles. The lowest BCUT2D eigenvalue weighted by Gasteiger charge is -2.33. The predicted molar refractivity (Wildman–Crippen MR) is 98.5 cm³/mol. The van der Waals surface area contributed by atoms with E-state index in [1.807, 2.05) is 12.1 Å². The fourth-order valence-electron chi connectivity index (χ4n) is 2.77. The van der Waals surface area contributed by atoms with Crippen LogP contribution in [0.3, 0.4) is 0 Å². The number of halogens is 2. The van der Waals surface area contributed by atoms with Gasteiger partial charge in [0.15, 0.2) is 0 Å². The molecule has 2 aromatic rings. The molecular weight excluding hydrogens is 379 g/mol. The van der Waals surface area contributed by atoms with E-state index in [9.17, 15) is 12.8 Å². The Hall–Kier alpha value is -1.67. The molecule has 2 aromatic carbocycles. The van der Waals surface area contributed by atoms with Crippen molar-refractivity contribution in [2.45, 2.75) is 4.90 Å². The Morgan fingerprint density at radius 3 is 2.19 bits per heavy atom. The average molecular weight is 399 g/mol. The van der Waals surface area contributed by atoms with E-state index in [0.29, 0.717) is 44.4 Å². The van der Waals surface area contributed by atoms with Crippen LogP contribution in [0.15, 0.2) is 53.4 Å². The minimum Gasteiger partial charge on any atom is -0.492 e. The van der Waals surface area contributed by atoms with E-state index in [2.05, 4.69) is 4.90 Å². The number of benzene rings is 2. The van der Waals surface area contributed by atoms with Crippen LogP contribution in [-0.2, 0) is 10.0 Å². The highest BCUT2D eigenvalue weighted by Crippen LogP contribution is 2.18. The zero-order chi connectivity index (χ0) is 18.6. The average Bonchev–Trinajstić information content (AvgIpc) is 2.64. The molecule has 5 nitrogen and oxygen atoms in total. The summed E-state index contributed by atoms with van der Waals surface area (Å²) in [5.74, 6) is 0.307. The molecule has 0 aliphatic carbocycles. The Bertz CT molecular complexity index is 821. The number of rotatable bonds is 6. The van der Waals surface area contributed by atoms with E-state index >= 15 is 0 Å². The molecule has 0 aromatic heterocycles. The molecule has 0 N–H and O–H groups in total. The monoisotopic (exact) mass is 398 g/mol. The van der Waals surface area contributed by atoms with Gasteiger partial charge in [-0.2, -0.15) is 4.31 Å². The van der Waals surface area contributed by atoms with Gasteiger partial charge in [-0.3, -0.25) is 4.90 Å². The van der Waals surface area contributed by atoms with E-state index in [1.165, 1.54) is 16.4 Å². The molecule has 0 bridgehead atoms. The summed E-state index contributed by atoms with van der Waals surface area (Å²) in [6.45, 7) is 3.30. The van der Waals surface area contributed by atoms with Gasteiger partial charge in [0.1, 0.15) is 18.2 Å². The SMILES string of the molecule is O=S(=O)(c1ccc(F)cc1)N1CCN(CCOc2ccc(Cl)cc2)CC1. The molecule has 0 amide bonds. The van der Waals surface area contributed by atoms with E-state index in [-0.39, 0.29) is 4.90 Å². The van der Waals surface area contributed by atoms with Crippen molar-refractivity contribution in [3.05, 3.63) is 59.4 Å². The van der Waals surface area contributed by atoms with Crippen LogP contribution in [-0.4, -0.2) is 57.0 Å². The Labute approximate surface area is 158 Å². The molecule has 0 spiro atoms. The van der Waals surface area contributed by atoms with Crippen molar-refractivity contribution >= 4 is 21.6 Å². The summed E-state index contributed by atoms with van der Waals surface area (Å²) in [7, 11) is -3.57. The lowest BCUT2D eigenvalue weighted by atomic mass is 10.3. The van der Waals surface area contributed by atoms with Crippen LogP contribution in [0.4, 0.5) is 4.39 Å². The van der Waals surface area contributed by atoms with Gasteiger partial charge in [0, 0.05) is 37.7 Å². The standard InChI is InChI=1S/C18H20ClFN2O3S/c19-15-1-5-17(6-2-15)25-14-13-21-9-11-22(12-10-21)26(23,24)18-7-3-16(20)4-8-18/h1-8H,9-14H2. The van der Waals surface area contributed by atoms with Crippen molar-refractivity contribution < 1.29 is 17.5 Å². The van der Waals surface area contributed by atoms with Crippen molar-refractivity contribution in [3.63, 3.8) is 0 Å². The van der Waals surface area contributed by atoms with E-state index in [1.54, 1.807) is 12.1 Å². The topological polar surface area (TPSA) is 49.9 Å². The quantitative estimate of drug-likeness (QED) is 0.750. The van der Waals surface area contributed by atoms with Gasteiger partial charge in [-0.15, -0.1) is 0 Å². The van der Waals surface area contributed by atoms with Gasteiger partial charge >= 0.3 is 0 Å². The third-order valence-electron chi connectivity index (χ3n) is 4.27. The Morgan fingerprint density at radius 2 is 1.58 bits per heavy atom. The number of sulfonamides is 1. The zero-order valence-electron chi connectivity index (χ0n) is 14.1. The molecule has 1 aliphatic rings. The molecule has 140 valence electrons. The molecule has 8 heteroatoms. The smallest absolute Gasteiger partial charge is 0.243 e. The van der Waals surface area contributed by atoms with Gasteiger partial charge in [0.25, 0.3) is 0 Å². The lowest BCUT2D eigenvalue weighted by Crippen LogP contribution is -2.49. The van der Waals surface area contributed by atoms with Crippen LogP contribution in [0.25, 0.3) is 0 Å². The molecule has 1 fully saturated rings. The first-order valence-corrected chi connectivity index (χ1v) is 10.1. The van der Waals surface area contributed by atoms with Crippen LogP contribution in [0.5, 0.6) is 5.75 Å². The summed E-state index contributed by atoms with van der Waals surface area (Å²) in [5.41, 5.74) is 0. The van der Waals surface area contributed by atoms with Gasteiger partial charge in [-0.05, 0) is 48.5 Å². The third-order valence-corrected chi connectivity index (χ3v) is 6.44. The van der Waals surface area contributed by atoms with Gasteiger partial charge in [-0.25, -0.2) is 12.8 Å². The largest absolute Gasteiger partial charge is 0.492 e. The molecule has 0 radical (unpaired) electrons. The normalized spacial score (nSPS) is 16.5. The highest BCUT2D eigenvalue weighted by atomic mass is 35.5. The molecule has 1 aliphatic heterocycles. The first kappa shape index (κ1) is 19.1. The fourth-order valence-corrected chi connectivity index (χ4v) is 4.32. The maximum Gasteiger partial charge on any atom is 0.243 e. The van der Waals surface area contributed by atoms with Gasteiger partial charge in [0.2, 0.25) is 10.0 Å². The molecule has 0 saturated carbocycles. The van der Waals surface area contributed by atoms with Crippen LogP contribution in [0, 0.1) is 5.82 Å². The number of hydrogen-bond acceptors (Lipinski definition) is 4. The van der Waals surface area contributed by atoms with E-state index in [4.69, 9.17) is 16.3 Å². The number of hydrogen-bond donors (Lipinski definition) is 0. The summed E-state index contributed by atoms with van der Waals surface area (Å²) in [6, 6.07) is 12.1. The van der Waals surface area contributed by atoms with Gasteiger partial charge < -0.3 is 4.74 Å². The second-order valence-electron chi connectivity index (χ2n) is 6.00. The van der Waals surface area contributed by atoms with Crippen molar-refractivity contribution in [1.82, 2.24) is 9.21 Å². The molecular formula is C18H20ClFN2O3S. The minimum absolute atomic E-state index is 0.124. The van der Waals surface area contributed by atoms with E-state index < -0.39 is 15.8 Å². The lowest BCUT2D eigenvalue weighted by molar-refractivity contribution is 0.159. The molecule has 26 heavy (non-hydrogen) atoms. The fraction of sp³-hybridized carbons (Fsp3) is 0.333. The van der Waals surface area contributed by atoms with Crippen LogP contribution in [0.1, 0.15) is 0 Å². The number of piperazine rings is 1. The highest BCUT2D eigenvalue weighted by molar-refractivity contribution is 7.89. The van der Waals surface area contributed by atoms with Crippen molar-refractivity contribution in [2.24, 2.45) is 0 Å². The van der Waals surface area contributed by atoms with Gasteiger partial charge in [0.05, 0.1) is 4.90 Å². The minimum atomic E-state index is -3.57. The predicted octanol–water partition coefficient (Wildman–Crippen LogP) is 2.86. The molecule has 1 heterocycles. The van der Waals surface area contributed by atoms with Crippen molar-refractivity contribution in [3.8, 4) is 5.75 Å². The third kappa shape index (κ3) is 4.73. The summed E-state index contributed by atoms with van der Waals surface area (Å²) < 4.78 is 45.3. The van der Waals surface area contributed by atoms with Crippen LogP contribution < -0.4 is 4.74 Å². The maximum atomic E-state index is 13.0. The Morgan fingerprint density at radius 1 is 0.962 bits per heavy atom. The molecule has 0 atom stereocenters. The molecule has 3 rings (SSSR count). The number of ether oxygens (including phenoxy) is 1. The highest BCUT2D eigenvalue weighted by Gasteiger charge is 2.28. The number of nitrogens with zero attached hydrogens (tertiary/aromatic N) is 2. The summed E-state index contributed by atoms with van der Waals surface area (Å²) in [6.07, 6.45) is 0. The second-order valence-corrected chi connectivity index (χ2v) is 8.38. The summed E-state index contributed by atoms with van der Waals surface area (Å²) in [4.78, 5) is 2.28. The molecule has 0 unspecified atom stereocenters. The zero-order valence-corrected chi connectivity index (χ0v) is 15.7. The second kappa shape index (κ2) is 8.35. The van der Waals surface area contributed by atoms with Crippen LogP contribution in [0.2, 0.25) is 5.02 Å². The van der Waals surface area contributed by atoms with Crippen LogP contribution >= 0.6 is 11.6 Å².